The van der Waals surface area contributed by atoms with Crippen LogP contribution in [0.25, 0.3) is 0 Å². The SMILES string of the molecule is CCCOc1ccc(Br)cc1C(=O)NC(=S)Nc1ccc(C)c(NC(=O)CC)c1. The summed E-state index contributed by atoms with van der Waals surface area (Å²) in [4.78, 5) is 24.4. The lowest BCUT2D eigenvalue weighted by atomic mass is 10.1. The lowest BCUT2D eigenvalue weighted by Crippen LogP contribution is -2.34. The van der Waals surface area contributed by atoms with Crippen LogP contribution in [0.15, 0.2) is 40.9 Å². The number of aryl methyl sites for hydroxylation is 1. The summed E-state index contributed by atoms with van der Waals surface area (Å²) in [5.41, 5.74) is 2.66. The maximum atomic E-state index is 12.7. The van der Waals surface area contributed by atoms with Gasteiger partial charge in [0.05, 0.1) is 12.2 Å². The Hall–Kier alpha value is -2.45. The van der Waals surface area contributed by atoms with Crippen LogP contribution < -0.4 is 20.7 Å². The van der Waals surface area contributed by atoms with Crippen molar-refractivity contribution >= 4 is 56.4 Å². The Kier molecular flexibility index (Phi) is 8.60. The second-order valence-electron chi connectivity index (χ2n) is 6.33. The van der Waals surface area contributed by atoms with E-state index in [1.54, 1.807) is 25.1 Å². The fourth-order valence-corrected chi connectivity index (χ4v) is 2.99. The van der Waals surface area contributed by atoms with Crippen LogP contribution in [0.1, 0.15) is 42.6 Å². The van der Waals surface area contributed by atoms with Crippen molar-refractivity contribution in [3.63, 3.8) is 0 Å². The molecule has 0 atom stereocenters. The first-order chi connectivity index (χ1) is 13.8. The van der Waals surface area contributed by atoms with Crippen LogP contribution in [-0.4, -0.2) is 23.5 Å². The Morgan fingerprint density at radius 2 is 1.86 bits per heavy atom. The summed E-state index contributed by atoms with van der Waals surface area (Å²) in [6.07, 6.45) is 1.22. The number of amides is 2. The number of hydrogen-bond acceptors (Lipinski definition) is 4. The largest absolute Gasteiger partial charge is 0.493 e. The average Bonchev–Trinajstić information content (AvgIpc) is 2.69. The van der Waals surface area contributed by atoms with Crippen molar-refractivity contribution in [1.29, 1.82) is 0 Å². The molecule has 0 bridgehead atoms. The number of anilines is 2. The number of halogens is 1. The van der Waals surface area contributed by atoms with E-state index in [0.717, 1.165) is 16.5 Å². The van der Waals surface area contributed by atoms with Crippen molar-refractivity contribution in [3.8, 4) is 5.75 Å². The summed E-state index contributed by atoms with van der Waals surface area (Å²) in [6.45, 7) is 6.20. The van der Waals surface area contributed by atoms with Crippen LogP contribution in [0.4, 0.5) is 11.4 Å². The molecule has 0 fully saturated rings. The molecule has 6 nitrogen and oxygen atoms in total. The highest BCUT2D eigenvalue weighted by Crippen LogP contribution is 2.24. The van der Waals surface area contributed by atoms with Gasteiger partial charge < -0.3 is 15.4 Å². The van der Waals surface area contributed by atoms with E-state index in [2.05, 4.69) is 31.9 Å². The molecule has 0 radical (unpaired) electrons. The average molecular weight is 478 g/mol. The summed E-state index contributed by atoms with van der Waals surface area (Å²) in [6, 6.07) is 10.7. The van der Waals surface area contributed by atoms with Gasteiger partial charge in [-0.05, 0) is 61.5 Å². The van der Waals surface area contributed by atoms with Gasteiger partial charge in [-0.2, -0.15) is 0 Å². The van der Waals surface area contributed by atoms with Crippen molar-refractivity contribution in [3.05, 3.63) is 52.0 Å². The molecule has 0 aliphatic rings. The molecule has 8 heteroatoms. The zero-order valence-corrected chi connectivity index (χ0v) is 19.0. The number of benzene rings is 2. The summed E-state index contributed by atoms with van der Waals surface area (Å²) >= 11 is 8.65. The van der Waals surface area contributed by atoms with Crippen molar-refractivity contribution in [2.75, 3.05) is 17.2 Å². The van der Waals surface area contributed by atoms with Crippen molar-refractivity contribution < 1.29 is 14.3 Å². The van der Waals surface area contributed by atoms with Gasteiger partial charge in [0.2, 0.25) is 5.91 Å². The van der Waals surface area contributed by atoms with Crippen LogP contribution in [0, 0.1) is 6.92 Å². The maximum Gasteiger partial charge on any atom is 0.261 e. The topological polar surface area (TPSA) is 79.5 Å². The second kappa shape index (κ2) is 10.9. The van der Waals surface area contributed by atoms with E-state index in [-0.39, 0.29) is 16.9 Å². The van der Waals surface area contributed by atoms with Gasteiger partial charge in [-0.25, -0.2) is 0 Å². The first-order valence-electron chi connectivity index (χ1n) is 9.29. The maximum absolute atomic E-state index is 12.7. The van der Waals surface area contributed by atoms with Gasteiger partial charge in [-0.3, -0.25) is 14.9 Å². The number of carbonyl (C=O) groups is 2. The standard InChI is InChI=1S/C21H24BrN3O3S/c1-4-10-28-18-9-7-14(22)11-16(18)20(27)25-21(29)23-15-8-6-13(3)17(12-15)24-19(26)5-2/h6-9,11-12H,4-5,10H2,1-3H3,(H,24,26)(H2,23,25,27,29). The molecule has 3 N–H and O–H groups in total. The second-order valence-corrected chi connectivity index (χ2v) is 7.65. The first-order valence-corrected chi connectivity index (χ1v) is 10.5. The minimum atomic E-state index is -0.374. The molecular weight excluding hydrogens is 454 g/mol. The number of thiocarbonyl (C=S) groups is 1. The lowest BCUT2D eigenvalue weighted by Gasteiger charge is -2.14. The van der Waals surface area contributed by atoms with Crippen molar-refractivity contribution in [1.82, 2.24) is 5.32 Å². The summed E-state index contributed by atoms with van der Waals surface area (Å²) in [7, 11) is 0. The highest BCUT2D eigenvalue weighted by atomic mass is 79.9. The van der Waals surface area contributed by atoms with Gasteiger partial charge in [-0.1, -0.05) is 35.8 Å². The molecular formula is C21H24BrN3O3S. The molecule has 2 aromatic rings. The van der Waals surface area contributed by atoms with Crippen LogP contribution >= 0.6 is 28.1 Å². The number of nitrogens with one attached hydrogen (secondary N) is 3. The van der Waals surface area contributed by atoms with Gasteiger partial charge in [0.1, 0.15) is 5.75 Å². The van der Waals surface area contributed by atoms with E-state index in [0.29, 0.717) is 35.7 Å². The summed E-state index contributed by atoms with van der Waals surface area (Å²) in [5, 5.41) is 8.63. The van der Waals surface area contributed by atoms with Gasteiger partial charge in [0.25, 0.3) is 5.91 Å². The highest BCUT2D eigenvalue weighted by Gasteiger charge is 2.15. The number of carbonyl (C=O) groups excluding carboxylic acids is 2. The molecule has 0 aliphatic heterocycles. The third-order valence-corrected chi connectivity index (χ3v) is 4.66. The van der Waals surface area contributed by atoms with Crippen LogP contribution in [0.5, 0.6) is 5.75 Å². The van der Waals surface area contributed by atoms with Gasteiger partial charge in [0, 0.05) is 22.3 Å². The molecule has 2 amide bonds. The van der Waals surface area contributed by atoms with Crippen molar-refractivity contribution in [2.24, 2.45) is 0 Å². The molecule has 0 saturated heterocycles. The number of rotatable bonds is 7. The van der Waals surface area contributed by atoms with Crippen LogP contribution in [0.3, 0.4) is 0 Å². The molecule has 154 valence electrons. The van der Waals surface area contributed by atoms with E-state index in [9.17, 15) is 9.59 Å². The van der Waals surface area contributed by atoms with Crippen LogP contribution in [-0.2, 0) is 4.79 Å². The molecule has 0 spiro atoms. The Labute approximate surface area is 184 Å². The predicted octanol–water partition coefficient (Wildman–Crippen LogP) is 5.02. The molecule has 0 saturated carbocycles. The Morgan fingerprint density at radius 3 is 2.55 bits per heavy atom. The number of hydrogen-bond donors (Lipinski definition) is 3. The third-order valence-electron chi connectivity index (χ3n) is 3.97. The Bertz CT molecular complexity index is 918. The van der Waals surface area contributed by atoms with E-state index >= 15 is 0 Å². The fraction of sp³-hybridized carbons (Fsp3) is 0.286. The zero-order chi connectivity index (χ0) is 21.4. The van der Waals surface area contributed by atoms with Crippen molar-refractivity contribution in [2.45, 2.75) is 33.6 Å². The normalized spacial score (nSPS) is 10.2. The van der Waals surface area contributed by atoms with Gasteiger partial charge in [-0.15, -0.1) is 0 Å². The minimum Gasteiger partial charge on any atom is -0.493 e. The zero-order valence-electron chi connectivity index (χ0n) is 16.6. The Balaban J connectivity index is 2.09. The molecule has 2 rings (SSSR count). The van der Waals surface area contributed by atoms with Gasteiger partial charge >= 0.3 is 0 Å². The monoisotopic (exact) mass is 477 g/mol. The summed E-state index contributed by atoms with van der Waals surface area (Å²) < 4.78 is 6.42. The molecule has 0 aliphatic carbocycles. The number of ether oxygens (including phenoxy) is 1. The van der Waals surface area contributed by atoms with E-state index in [1.165, 1.54) is 0 Å². The third kappa shape index (κ3) is 6.83. The van der Waals surface area contributed by atoms with Crippen LogP contribution in [0.2, 0.25) is 0 Å². The first kappa shape index (κ1) is 22.8. The minimum absolute atomic E-state index is 0.0737. The molecule has 2 aromatic carbocycles. The summed E-state index contributed by atoms with van der Waals surface area (Å²) in [5.74, 6) is 0.0483. The fourth-order valence-electron chi connectivity index (χ4n) is 2.42. The smallest absolute Gasteiger partial charge is 0.261 e. The Morgan fingerprint density at radius 1 is 1.10 bits per heavy atom. The molecule has 0 aromatic heterocycles. The molecule has 0 heterocycles. The van der Waals surface area contributed by atoms with Gasteiger partial charge in [0.15, 0.2) is 5.11 Å². The van der Waals surface area contributed by atoms with E-state index < -0.39 is 0 Å². The quantitative estimate of drug-likeness (QED) is 0.487. The van der Waals surface area contributed by atoms with E-state index in [4.69, 9.17) is 17.0 Å². The highest BCUT2D eigenvalue weighted by molar-refractivity contribution is 9.10. The van der Waals surface area contributed by atoms with E-state index in [1.807, 2.05) is 32.0 Å². The molecule has 29 heavy (non-hydrogen) atoms. The molecule has 0 unspecified atom stereocenters. The predicted molar refractivity (Wildman–Crippen MR) is 124 cm³/mol. The lowest BCUT2D eigenvalue weighted by molar-refractivity contribution is -0.115.